The molecule has 0 atom stereocenters. The predicted molar refractivity (Wildman–Crippen MR) is 128 cm³/mol. The smallest absolute Gasteiger partial charge is 0.450 e. The third-order valence-corrected chi connectivity index (χ3v) is 6.56. The third-order valence-electron chi connectivity index (χ3n) is 6.56. The summed E-state index contributed by atoms with van der Waals surface area (Å²) in [5, 5.41) is 10.2. The molecule has 0 spiro atoms. The number of aryl methyl sites for hydroxylation is 1. The van der Waals surface area contributed by atoms with Gasteiger partial charge >= 0.3 is 6.18 Å². The van der Waals surface area contributed by atoms with E-state index in [2.05, 4.69) is 16.8 Å². The van der Waals surface area contributed by atoms with Crippen molar-refractivity contribution in [2.24, 2.45) is 0 Å². The van der Waals surface area contributed by atoms with Crippen molar-refractivity contribution in [2.45, 2.75) is 90.1 Å². The number of hydrogen-bond donors (Lipinski definition) is 1. The first-order valence-electron chi connectivity index (χ1n) is 12.6. The van der Waals surface area contributed by atoms with E-state index in [-0.39, 0.29) is 12.0 Å². The Morgan fingerprint density at radius 2 is 1.68 bits per heavy atom. The molecule has 5 nitrogen and oxygen atoms in total. The van der Waals surface area contributed by atoms with Crippen molar-refractivity contribution in [3.8, 4) is 11.6 Å². The molecule has 0 unspecified atom stereocenters. The van der Waals surface area contributed by atoms with Crippen LogP contribution in [0.15, 0.2) is 18.2 Å². The molecule has 1 aliphatic heterocycles. The molecule has 34 heavy (non-hydrogen) atoms. The number of aldehydes is 1. The van der Waals surface area contributed by atoms with Gasteiger partial charge in [0.05, 0.1) is 5.69 Å². The first-order chi connectivity index (χ1) is 16.4. The van der Waals surface area contributed by atoms with E-state index in [0.717, 1.165) is 43.6 Å². The second-order valence-corrected chi connectivity index (χ2v) is 9.18. The molecule has 1 aliphatic rings. The van der Waals surface area contributed by atoms with Gasteiger partial charge in [-0.1, -0.05) is 64.7 Å². The van der Waals surface area contributed by atoms with Gasteiger partial charge in [0, 0.05) is 18.8 Å². The number of nitrogens with zero attached hydrogens (tertiary/aromatic N) is 3. The molecule has 0 saturated heterocycles. The molecule has 0 amide bonds. The predicted octanol–water partition coefficient (Wildman–Crippen LogP) is 7.08. The van der Waals surface area contributed by atoms with E-state index in [9.17, 15) is 23.1 Å². The number of carbonyl (C=O) groups is 1. The number of benzene rings is 1. The van der Waals surface area contributed by atoms with Crippen LogP contribution in [0, 0.1) is 0 Å². The van der Waals surface area contributed by atoms with Gasteiger partial charge in [-0.05, 0) is 43.0 Å². The second kappa shape index (κ2) is 12.3. The number of alkyl halides is 3. The van der Waals surface area contributed by atoms with Gasteiger partial charge < -0.3 is 10.0 Å². The molecule has 2 heterocycles. The molecule has 0 radical (unpaired) electrons. The summed E-state index contributed by atoms with van der Waals surface area (Å²) < 4.78 is 41.0. The topological polar surface area (TPSA) is 58.4 Å². The minimum atomic E-state index is -4.80. The fraction of sp³-hybridized carbons (Fsp3) is 0.615. The largest absolute Gasteiger partial charge is 0.493 e. The minimum Gasteiger partial charge on any atom is -0.493 e. The van der Waals surface area contributed by atoms with E-state index >= 15 is 0 Å². The first kappa shape index (κ1) is 26.1. The Balaban J connectivity index is 1.59. The van der Waals surface area contributed by atoms with Gasteiger partial charge in [0.2, 0.25) is 11.7 Å². The van der Waals surface area contributed by atoms with Crippen LogP contribution in [0.3, 0.4) is 0 Å². The third kappa shape index (κ3) is 6.54. The summed E-state index contributed by atoms with van der Waals surface area (Å²) >= 11 is 0. The maximum absolute atomic E-state index is 13.5. The van der Waals surface area contributed by atoms with Crippen molar-refractivity contribution >= 4 is 12.0 Å². The first-order valence-corrected chi connectivity index (χ1v) is 12.6. The fourth-order valence-electron chi connectivity index (χ4n) is 4.77. The van der Waals surface area contributed by atoms with Gasteiger partial charge in [0.15, 0.2) is 12.0 Å². The number of halogens is 3. The summed E-state index contributed by atoms with van der Waals surface area (Å²) in [7, 11) is 0. The Hall–Kier alpha value is -2.51. The van der Waals surface area contributed by atoms with E-state index in [1.54, 1.807) is 12.1 Å². The SMILES string of the molecule is CCCCCCCCCCCCN1CCCc2cc(-n3c(C(F)(F)F)nc(C=O)c3O)ccc21. The molecule has 0 fully saturated rings. The van der Waals surface area contributed by atoms with Crippen LogP contribution in [0.5, 0.6) is 5.88 Å². The quantitative estimate of drug-likeness (QED) is 0.246. The van der Waals surface area contributed by atoms with E-state index in [4.69, 9.17) is 0 Å². The number of unbranched alkanes of at least 4 members (excludes halogenated alkanes) is 9. The average molecular weight is 480 g/mol. The van der Waals surface area contributed by atoms with Crippen LogP contribution >= 0.6 is 0 Å². The molecular formula is C26H36F3N3O2. The molecule has 2 aromatic rings. The Morgan fingerprint density at radius 1 is 1.03 bits per heavy atom. The van der Waals surface area contributed by atoms with Gasteiger partial charge in [-0.2, -0.15) is 13.2 Å². The maximum Gasteiger partial charge on any atom is 0.450 e. The van der Waals surface area contributed by atoms with Crippen molar-refractivity contribution in [2.75, 3.05) is 18.0 Å². The molecule has 0 saturated carbocycles. The summed E-state index contributed by atoms with van der Waals surface area (Å²) in [5.74, 6) is -2.09. The minimum absolute atomic E-state index is 0.133. The zero-order valence-corrected chi connectivity index (χ0v) is 20.0. The second-order valence-electron chi connectivity index (χ2n) is 9.18. The van der Waals surface area contributed by atoms with Gasteiger partial charge in [-0.25, -0.2) is 4.98 Å². The van der Waals surface area contributed by atoms with E-state index in [0.29, 0.717) is 4.57 Å². The molecule has 1 N–H and O–H groups in total. The molecule has 8 heteroatoms. The highest BCUT2D eigenvalue weighted by Gasteiger charge is 2.39. The zero-order valence-electron chi connectivity index (χ0n) is 20.0. The number of rotatable bonds is 13. The zero-order chi connectivity index (χ0) is 24.6. The van der Waals surface area contributed by atoms with Crippen molar-refractivity contribution < 1.29 is 23.1 Å². The number of carbonyl (C=O) groups excluding carboxylic acids is 1. The summed E-state index contributed by atoms with van der Waals surface area (Å²) in [6.45, 7) is 4.10. The highest BCUT2D eigenvalue weighted by atomic mass is 19.4. The summed E-state index contributed by atoms with van der Waals surface area (Å²) in [5.41, 5.74) is 1.52. The molecule has 1 aromatic carbocycles. The van der Waals surface area contributed by atoms with Crippen LogP contribution in [0.2, 0.25) is 0 Å². The number of aromatic hydroxyl groups is 1. The van der Waals surface area contributed by atoms with Crippen LogP contribution in [0.4, 0.5) is 18.9 Å². The lowest BCUT2D eigenvalue weighted by atomic mass is 10.00. The Kier molecular flexibility index (Phi) is 9.42. The summed E-state index contributed by atoms with van der Waals surface area (Å²) in [4.78, 5) is 16.7. The van der Waals surface area contributed by atoms with Gasteiger partial charge in [-0.3, -0.25) is 9.36 Å². The van der Waals surface area contributed by atoms with Gasteiger partial charge in [0.25, 0.3) is 0 Å². The van der Waals surface area contributed by atoms with Crippen molar-refractivity contribution in [1.29, 1.82) is 0 Å². The average Bonchev–Trinajstić information content (AvgIpc) is 3.16. The summed E-state index contributed by atoms with van der Waals surface area (Å²) in [6.07, 6.45) is 9.79. The van der Waals surface area contributed by atoms with E-state index in [1.807, 2.05) is 6.07 Å². The Bertz CT molecular complexity index is 940. The van der Waals surface area contributed by atoms with Crippen LogP contribution in [-0.4, -0.2) is 34.0 Å². The van der Waals surface area contributed by atoms with Crippen LogP contribution in [0.25, 0.3) is 5.69 Å². The van der Waals surface area contributed by atoms with Gasteiger partial charge in [0.1, 0.15) is 0 Å². The van der Waals surface area contributed by atoms with Crippen LogP contribution in [-0.2, 0) is 12.6 Å². The van der Waals surface area contributed by atoms with Crippen molar-refractivity contribution in [3.05, 3.63) is 35.3 Å². The van der Waals surface area contributed by atoms with E-state index in [1.165, 1.54) is 57.8 Å². The number of anilines is 1. The van der Waals surface area contributed by atoms with Crippen LogP contribution < -0.4 is 4.90 Å². The number of fused-ring (bicyclic) bond motifs is 1. The fourth-order valence-corrected chi connectivity index (χ4v) is 4.77. The van der Waals surface area contributed by atoms with Crippen LogP contribution in [0.1, 0.15) is 99.4 Å². The normalized spacial score (nSPS) is 13.8. The molecular weight excluding hydrogens is 443 g/mol. The van der Waals surface area contributed by atoms with Gasteiger partial charge in [-0.15, -0.1) is 0 Å². The standard InChI is InChI=1S/C26H36F3N3O2/c1-2-3-4-5-6-7-8-9-10-11-16-31-17-12-13-20-18-21(14-15-23(20)31)32-24(34)22(19-33)30-25(32)26(27,28)29/h14-15,18-19,34H,2-13,16-17H2,1H3. The lowest BCUT2D eigenvalue weighted by Crippen LogP contribution is -2.30. The number of hydrogen-bond acceptors (Lipinski definition) is 4. The molecule has 1 aromatic heterocycles. The number of imidazole rings is 1. The maximum atomic E-state index is 13.5. The molecule has 0 bridgehead atoms. The van der Waals surface area contributed by atoms with E-state index < -0.39 is 23.6 Å². The molecule has 188 valence electrons. The molecule has 3 rings (SSSR count). The monoisotopic (exact) mass is 479 g/mol. The lowest BCUT2D eigenvalue weighted by molar-refractivity contribution is -0.146. The Morgan fingerprint density at radius 3 is 2.29 bits per heavy atom. The Labute approximate surface area is 200 Å². The highest BCUT2D eigenvalue weighted by Crippen LogP contribution is 2.37. The highest BCUT2D eigenvalue weighted by molar-refractivity contribution is 5.76. The summed E-state index contributed by atoms with van der Waals surface area (Å²) in [6, 6.07) is 5.05. The lowest BCUT2D eigenvalue weighted by Gasteiger charge is -2.32. The molecule has 0 aliphatic carbocycles. The van der Waals surface area contributed by atoms with Crippen molar-refractivity contribution in [3.63, 3.8) is 0 Å². The number of aromatic nitrogens is 2. The van der Waals surface area contributed by atoms with Crippen molar-refractivity contribution in [1.82, 2.24) is 9.55 Å².